The third-order valence-electron chi connectivity index (χ3n) is 2.73. The molecule has 1 aromatic heterocycles. The van der Waals surface area contributed by atoms with Crippen molar-refractivity contribution in [3.63, 3.8) is 0 Å². The maximum absolute atomic E-state index is 14.0. The summed E-state index contributed by atoms with van der Waals surface area (Å²) >= 11 is 7.59. The van der Waals surface area contributed by atoms with Gasteiger partial charge in [-0.3, -0.25) is 0 Å². The van der Waals surface area contributed by atoms with Crippen molar-refractivity contribution in [1.29, 1.82) is 0 Å². The Morgan fingerprint density at radius 2 is 2.50 bits per heavy atom. The summed E-state index contributed by atoms with van der Waals surface area (Å²) in [5, 5.41) is 0. The van der Waals surface area contributed by atoms with Gasteiger partial charge in [0.1, 0.15) is 0 Å². The van der Waals surface area contributed by atoms with E-state index in [-0.39, 0.29) is 11.7 Å². The van der Waals surface area contributed by atoms with E-state index in [1.165, 1.54) is 0 Å². The van der Waals surface area contributed by atoms with Crippen molar-refractivity contribution in [3.8, 4) is 0 Å². The summed E-state index contributed by atoms with van der Waals surface area (Å²) in [6.07, 6.45) is 1.63. The molecule has 5 heteroatoms. The third-order valence-corrected chi connectivity index (χ3v) is 4.21. The van der Waals surface area contributed by atoms with E-state index in [0.717, 1.165) is 18.1 Å². The molecule has 0 saturated carbocycles. The largest absolute Gasteiger partial charge is 0.350 e. The molecule has 0 spiro atoms. The number of anilines is 1. The van der Waals surface area contributed by atoms with Gasteiger partial charge in [-0.15, -0.1) is 11.6 Å². The highest BCUT2D eigenvalue weighted by atomic mass is 35.5. The maximum Gasteiger partial charge on any atom is 0.170 e. The fourth-order valence-corrected chi connectivity index (χ4v) is 3.04. The predicted octanol–water partition coefficient (Wildman–Crippen LogP) is 2.90. The van der Waals surface area contributed by atoms with Crippen molar-refractivity contribution in [3.05, 3.63) is 23.6 Å². The first-order chi connectivity index (χ1) is 7.74. The van der Waals surface area contributed by atoms with E-state index in [0.29, 0.717) is 17.4 Å². The molecule has 2 heterocycles. The van der Waals surface area contributed by atoms with Crippen LogP contribution in [0.5, 0.6) is 0 Å². The molecule has 1 fully saturated rings. The van der Waals surface area contributed by atoms with Crippen LogP contribution in [-0.4, -0.2) is 29.1 Å². The molecule has 0 amide bonds. The number of pyridine rings is 1. The van der Waals surface area contributed by atoms with Crippen LogP contribution in [0.4, 0.5) is 10.2 Å². The van der Waals surface area contributed by atoms with Gasteiger partial charge in [0, 0.05) is 35.9 Å². The number of rotatable bonds is 2. The Balaban J connectivity index is 2.31. The van der Waals surface area contributed by atoms with E-state index in [4.69, 9.17) is 11.6 Å². The Kier molecular flexibility index (Phi) is 3.92. The minimum atomic E-state index is -0.267. The van der Waals surface area contributed by atoms with Crippen LogP contribution in [-0.2, 0) is 5.88 Å². The van der Waals surface area contributed by atoms with E-state index in [9.17, 15) is 4.39 Å². The summed E-state index contributed by atoms with van der Waals surface area (Å²) < 4.78 is 14.0. The van der Waals surface area contributed by atoms with Crippen LogP contribution in [0.25, 0.3) is 0 Å². The molecule has 0 N–H and O–H groups in total. The van der Waals surface area contributed by atoms with E-state index in [2.05, 4.69) is 11.9 Å². The number of hydrogen-bond donors (Lipinski definition) is 0. The number of halogens is 2. The van der Waals surface area contributed by atoms with Gasteiger partial charge in [0.05, 0.1) is 5.88 Å². The van der Waals surface area contributed by atoms with Crippen LogP contribution < -0.4 is 4.90 Å². The SMILES string of the molecule is CC1CSCCN1c1nccc(CCl)c1F. The van der Waals surface area contributed by atoms with Gasteiger partial charge in [-0.05, 0) is 13.0 Å². The lowest BCUT2D eigenvalue weighted by Crippen LogP contribution is -2.41. The number of aromatic nitrogens is 1. The molecule has 2 rings (SSSR count). The second-order valence-electron chi connectivity index (χ2n) is 3.86. The lowest BCUT2D eigenvalue weighted by Gasteiger charge is -2.34. The molecule has 0 aliphatic carbocycles. The van der Waals surface area contributed by atoms with Crippen molar-refractivity contribution in [2.24, 2.45) is 0 Å². The topological polar surface area (TPSA) is 16.1 Å². The van der Waals surface area contributed by atoms with E-state index < -0.39 is 0 Å². The molecule has 1 aliphatic heterocycles. The van der Waals surface area contributed by atoms with E-state index in [1.54, 1.807) is 12.3 Å². The van der Waals surface area contributed by atoms with Gasteiger partial charge in [-0.1, -0.05) is 0 Å². The highest BCUT2D eigenvalue weighted by Gasteiger charge is 2.23. The fourth-order valence-electron chi connectivity index (χ4n) is 1.82. The number of hydrogen-bond acceptors (Lipinski definition) is 3. The summed E-state index contributed by atoms with van der Waals surface area (Å²) in [6, 6.07) is 1.96. The first kappa shape index (κ1) is 12.0. The zero-order valence-corrected chi connectivity index (χ0v) is 10.7. The van der Waals surface area contributed by atoms with Gasteiger partial charge in [0.25, 0.3) is 0 Å². The van der Waals surface area contributed by atoms with Gasteiger partial charge in [0.15, 0.2) is 11.6 Å². The lowest BCUT2D eigenvalue weighted by molar-refractivity contribution is 0.585. The van der Waals surface area contributed by atoms with Crippen LogP contribution >= 0.6 is 23.4 Å². The minimum absolute atomic E-state index is 0.193. The Bertz CT molecular complexity index is 375. The average molecular weight is 261 g/mol. The van der Waals surface area contributed by atoms with E-state index in [1.807, 2.05) is 16.7 Å². The van der Waals surface area contributed by atoms with Gasteiger partial charge in [-0.25, -0.2) is 9.37 Å². The maximum atomic E-state index is 14.0. The number of nitrogens with zero attached hydrogens (tertiary/aromatic N) is 2. The van der Waals surface area contributed by atoms with Crippen molar-refractivity contribution in [2.45, 2.75) is 18.8 Å². The molecule has 2 nitrogen and oxygen atoms in total. The molecule has 0 bridgehead atoms. The molecule has 0 aromatic carbocycles. The first-order valence-electron chi connectivity index (χ1n) is 5.27. The number of alkyl halides is 1. The highest BCUT2D eigenvalue weighted by Crippen LogP contribution is 2.26. The Labute approximate surface area is 104 Å². The van der Waals surface area contributed by atoms with Crippen molar-refractivity contribution >= 4 is 29.2 Å². The van der Waals surface area contributed by atoms with Crippen LogP contribution in [0.3, 0.4) is 0 Å². The zero-order valence-electron chi connectivity index (χ0n) is 9.12. The first-order valence-corrected chi connectivity index (χ1v) is 6.96. The smallest absolute Gasteiger partial charge is 0.170 e. The fraction of sp³-hybridized carbons (Fsp3) is 0.545. The van der Waals surface area contributed by atoms with Gasteiger partial charge in [-0.2, -0.15) is 11.8 Å². The Hall–Kier alpha value is -0.480. The van der Waals surface area contributed by atoms with E-state index >= 15 is 0 Å². The van der Waals surface area contributed by atoms with Crippen LogP contribution in [0.15, 0.2) is 12.3 Å². The van der Waals surface area contributed by atoms with Gasteiger partial charge < -0.3 is 4.90 Å². The summed E-state index contributed by atoms with van der Waals surface area (Å²) in [5.41, 5.74) is 0.525. The summed E-state index contributed by atoms with van der Waals surface area (Å²) in [6.45, 7) is 2.95. The van der Waals surface area contributed by atoms with Crippen molar-refractivity contribution in [1.82, 2.24) is 4.98 Å². The molecule has 0 radical (unpaired) electrons. The standard InChI is InChI=1S/C11H14ClFN2S/c1-8-7-16-5-4-15(8)11-10(13)9(6-12)2-3-14-11/h2-3,8H,4-7H2,1H3. The molecule has 1 aromatic rings. The lowest BCUT2D eigenvalue weighted by atomic mass is 10.2. The molecule has 16 heavy (non-hydrogen) atoms. The van der Waals surface area contributed by atoms with Crippen LogP contribution in [0.1, 0.15) is 12.5 Å². The summed E-state index contributed by atoms with van der Waals surface area (Å²) in [5.74, 6) is 2.42. The molecule has 1 atom stereocenters. The number of thioether (sulfide) groups is 1. The molecular formula is C11H14ClFN2S. The molecule has 88 valence electrons. The summed E-state index contributed by atoms with van der Waals surface area (Å²) in [4.78, 5) is 6.17. The normalized spacial score (nSPS) is 21.2. The van der Waals surface area contributed by atoms with Crippen molar-refractivity contribution < 1.29 is 4.39 Å². The highest BCUT2D eigenvalue weighted by molar-refractivity contribution is 7.99. The second-order valence-corrected chi connectivity index (χ2v) is 5.28. The quantitative estimate of drug-likeness (QED) is 0.761. The zero-order chi connectivity index (χ0) is 11.5. The third kappa shape index (κ3) is 2.28. The van der Waals surface area contributed by atoms with Gasteiger partial charge >= 0.3 is 0 Å². The Morgan fingerprint density at radius 3 is 3.19 bits per heavy atom. The second kappa shape index (κ2) is 5.23. The van der Waals surface area contributed by atoms with Crippen LogP contribution in [0, 0.1) is 5.82 Å². The van der Waals surface area contributed by atoms with Gasteiger partial charge in [0.2, 0.25) is 0 Å². The monoisotopic (exact) mass is 260 g/mol. The van der Waals surface area contributed by atoms with Crippen molar-refractivity contribution in [2.75, 3.05) is 23.0 Å². The molecule has 1 saturated heterocycles. The average Bonchev–Trinajstić information content (AvgIpc) is 2.31. The minimum Gasteiger partial charge on any atom is -0.350 e. The Morgan fingerprint density at radius 1 is 1.69 bits per heavy atom. The molecular weight excluding hydrogens is 247 g/mol. The molecule has 1 unspecified atom stereocenters. The van der Waals surface area contributed by atoms with Crippen LogP contribution in [0.2, 0.25) is 0 Å². The predicted molar refractivity (Wildman–Crippen MR) is 67.9 cm³/mol. The summed E-state index contributed by atoms with van der Waals surface area (Å²) in [7, 11) is 0. The molecule has 1 aliphatic rings.